The third-order valence-corrected chi connectivity index (χ3v) is 9.08. The molecule has 2 aromatic rings. The number of hydrogen-bond donors (Lipinski definition) is 0. The predicted molar refractivity (Wildman–Crippen MR) is 128 cm³/mol. The van der Waals surface area contributed by atoms with Crippen molar-refractivity contribution in [3.05, 3.63) is 44.3 Å². The van der Waals surface area contributed by atoms with E-state index in [0.29, 0.717) is 9.79 Å². The van der Waals surface area contributed by atoms with E-state index in [1.54, 1.807) is 0 Å². The van der Waals surface area contributed by atoms with Crippen LogP contribution < -0.4 is 0 Å². The summed E-state index contributed by atoms with van der Waals surface area (Å²) in [4.78, 5) is 0.874. The molecule has 158 valence electrons. The number of sulfone groups is 1. The standard InChI is InChI=1S/C24H30Br2O2S/c1-3-5-7-9-11-17-13-19-20-14-18(12-10-8-6-4-2)22(26)16-24(20)29(27,28)23(19)15-21(17)25/h13-16H,3-12H2,1-2H3. The largest absolute Gasteiger partial charge is 0.218 e. The zero-order valence-corrected chi connectivity index (χ0v) is 21.3. The first-order valence-corrected chi connectivity index (χ1v) is 13.9. The zero-order valence-electron chi connectivity index (χ0n) is 17.4. The van der Waals surface area contributed by atoms with Gasteiger partial charge in [0.05, 0.1) is 9.79 Å². The molecule has 1 heterocycles. The van der Waals surface area contributed by atoms with Gasteiger partial charge in [0.25, 0.3) is 0 Å². The summed E-state index contributed by atoms with van der Waals surface area (Å²) in [5.74, 6) is 0. The lowest BCUT2D eigenvalue weighted by Crippen LogP contribution is -1.98. The van der Waals surface area contributed by atoms with E-state index in [1.165, 1.54) is 49.7 Å². The first kappa shape index (κ1) is 23.0. The normalized spacial score (nSPS) is 14.1. The monoisotopic (exact) mass is 540 g/mol. The number of rotatable bonds is 10. The molecule has 0 N–H and O–H groups in total. The Bertz CT molecular complexity index is 907. The van der Waals surface area contributed by atoms with Gasteiger partial charge in [0.15, 0.2) is 0 Å². The topological polar surface area (TPSA) is 34.1 Å². The Kier molecular flexibility index (Phi) is 8.02. The van der Waals surface area contributed by atoms with Crippen LogP contribution in [0.5, 0.6) is 0 Å². The Balaban J connectivity index is 1.95. The minimum absolute atomic E-state index is 0.437. The molecule has 2 nitrogen and oxygen atoms in total. The lowest BCUT2D eigenvalue weighted by molar-refractivity contribution is 0.598. The van der Waals surface area contributed by atoms with Crippen LogP contribution in [0.4, 0.5) is 0 Å². The fraction of sp³-hybridized carbons (Fsp3) is 0.500. The molecule has 0 fully saturated rings. The van der Waals surface area contributed by atoms with Crippen molar-refractivity contribution in [2.24, 2.45) is 0 Å². The fourth-order valence-electron chi connectivity index (χ4n) is 4.05. The first-order valence-electron chi connectivity index (χ1n) is 10.8. The predicted octanol–water partition coefficient (Wildman–Crippen LogP) is 8.27. The van der Waals surface area contributed by atoms with E-state index in [0.717, 1.165) is 45.8 Å². The van der Waals surface area contributed by atoms with Crippen molar-refractivity contribution in [1.29, 1.82) is 0 Å². The summed E-state index contributed by atoms with van der Waals surface area (Å²) < 4.78 is 28.1. The van der Waals surface area contributed by atoms with Crippen LogP contribution in [0.15, 0.2) is 43.0 Å². The molecule has 29 heavy (non-hydrogen) atoms. The minimum Gasteiger partial charge on any atom is -0.218 e. The molecule has 1 aliphatic rings. The molecule has 0 aliphatic carbocycles. The summed E-state index contributed by atoms with van der Waals surface area (Å²) in [5, 5.41) is 0. The van der Waals surface area contributed by atoms with E-state index in [4.69, 9.17) is 0 Å². The number of benzene rings is 2. The van der Waals surface area contributed by atoms with Gasteiger partial charge in [0, 0.05) is 20.1 Å². The summed E-state index contributed by atoms with van der Waals surface area (Å²) in [6.07, 6.45) is 11.6. The lowest BCUT2D eigenvalue weighted by atomic mass is 9.97. The van der Waals surface area contributed by atoms with Gasteiger partial charge in [-0.05, 0) is 61.1 Å². The zero-order chi connectivity index (χ0) is 21.0. The van der Waals surface area contributed by atoms with Crippen LogP contribution in [0.2, 0.25) is 0 Å². The van der Waals surface area contributed by atoms with Crippen LogP contribution in [-0.2, 0) is 22.7 Å². The highest BCUT2D eigenvalue weighted by atomic mass is 79.9. The van der Waals surface area contributed by atoms with Crippen LogP contribution >= 0.6 is 31.9 Å². The van der Waals surface area contributed by atoms with Gasteiger partial charge in [-0.25, -0.2) is 8.42 Å². The Morgan fingerprint density at radius 1 is 0.655 bits per heavy atom. The molecule has 0 saturated carbocycles. The maximum absolute atomic E-state index is 13.2. The molecule has 3 rings (SSSR count). The van der Waals surface area contributed by atoms with E-state index in [-0.39, 0.29) is 0 Å². The minimum atomic E-state index is -3.46. The van der Waals surface area contributed by atoms with Gasteiger partial charge in [-0.3, -0.25) is 0 Å². The number of hydrogen-bond acceptors (Lipinski definition) is 2. The number of aryl methyl sites for hydroxylation is 2. The third kappa shape index (κ3) is 4.99. The molecular weight excluding hydrogens is 512 g/mol. The average Bonchev–Trinajstić information content (AvgIpc) is 2.89. The number of halogens is 2. The summed E-state index contributed by atoms with van der Waals surface area (Å²) in [5.41, 5.74) is 4.15. The van der Waals surface area contributed by atoms with Crippen molar-refractivity contribution in [3.63, 3.8) is 0 Å². The van der Waals surface area contributed by atoms with Gasteiger partial charge >= 0.3 is 0 Å². The van der Waals surface area contributed by atoms with E-state index in [2.05, 4.69) is 57.8 Å². The smallest absolute Gasteiger partial charge is 0.207 e. The summed E-state index contributed by atoms with van der Waals surface area (Å²) in [6, 6.07) is 7.83. The summed E-state index contributed by atoms with van der Waals surface area (Å²) in [6.45, 7) is 4.43. The van der Waals surface area contributed by atoms with Crippen molar-refractivity contribution >= 4 is 41.7 Å². The van der Waals surface area contributed by atoms with Crippen LogP contribution in [0.3, 0.4) is 0 Å². The second-order valence-electron chi connectivity index (χ2n) is 8.00. The molecule has 0 aromatic heterocycles. The van der Waals surface area contributed by atoms with Crippen molar-refractivity contribution in [2.45, 2.75) is 87.8 Å². The van der Waals surface area contributed by atoms with Crippen LogP contribution in [0.1, 0.15) is 76.3 Å². The molecule has 0 amide bonds. The molecule has 0 spiro atoms. The van der Waals surface area contributed by atoms with Gasteiger partial charge in [0.1, 0.15) is 0 Å². The Hall–Kier alpha value is -0.650. The van der Waals surface area contributed by atoms with Crippen molar-refractivity contribution in [1.82, 2.24) is 0 Å². The molecule has 1 aliphatic heterocycles. The van der Waals surface area contributed by atoms with Crippen LogP contribution in [0.25, 0.3) is 11.1 Å². The maximum atomic E-state index is 13.2. The number of fused-ring (bicyclic) bond motifs is 3. The van der Waals surface area contributed by atoms with Gasteiger partial charge < -0.3 is 0 Å². The molecule has 5 heteroatoms. The van der Waals surface area contributed by atoms with E-state index >= 15 is 0 Å². The van der Waals surface area contributed by atoms with E-state index in [9.17, 15) is 8.42 Å². The Morgan fingerprint density at radius 3 is 1.45 bits per heavy atom. The van der Waals surface area contributed by atoms with Gasteiger partial charge in [-0.1, -0.05) is 84.2 Å². The summed E-state index contributed by atoms with van der Waals surface area (Å²) in [7, 11) is -3.46. The van der Waals surface area contributed by atoms with Crippen molar-refractivity contribution in [3.8, 4) is 11.1 Å². The molecule has 0 unspecified atom stereocenters. The molecule has 0 saturated heterocycles. The first-order chi connectivity index (χ1) is 13.9. The van der Waals surface area contributed by atoms with Gasteiger partial charge in [-0.15, -0.1) is 0 Å². The maximum Gasteiger partial charge on any atom is 0.207 e. The quantitative estimate of drug-likeness (QED) is 0.242. The molecular formula is C24H30Br2O2S. The average molecular weight is 542 g/mol. The number of unbranched alkanes of at least 4 members (excludes halogenated alkanes) is 6. The van der Waals surface area contributed by atoms with Gasteiger partial charge in [0.2, 0.25) is 9.84 Å². The third-order valence-electron chi connectivity index (χ3n) is 5.77. The van der Waals surface area contributed by atoms with Gasteiger partial charge in [-0.2, -0.15) is 0 Å². The van der Waals surface area contributed by atoms with E-state index in [1.807, 2.05) is 12.1 Å². The highest BCUT2D eigenvalue weighted by Crippen LogP contribution is 2.47. The van der Waals surface area contributed by atoms with Crippen LogP contribution in [-0.4, -0.2) is 8.42 Å². The van der Waals surface area contributed by atoms with E-state index < -0.39 is 9.84 Å². The Morgan fingerprint density at radius 2 is 1.07 bits per heavy atom. The molecule has 0 atom stereocenters. The highest BCUT2D eigenvalue weighted by Gasteiger charge is 2.34. The molecule has 0 bridgehead atoms. The second-order valence-corrected chi connectivity index (χ2v) is 11.6. The molecule has 0 radical (unpaired) electrons. The van der Waals surface area contributed by atoms with Crippen molar-refractivity contribution in [2.75, 3.05) is 0 Å². The van der Waals surface area contributed by atoms with Crippen LogP contribution in [0, 0.1) is 0 Å². The molecule has 2 aromatic carbocycles. The second kappa shape index (κ2) is 10.1. The summed E-state index contributed by atoms with van der Waals surface area (Å²) >= 11 is 7.24. The lowest BCUT2D eigenvalue weighted by Gasteiger charge is -2.10. The Labute approximate surface area is 192 Å². The highest BCUT2D eigenvalue weighted by molar-refractivity contribution is 9.10. The fourth-order valence-corrected chi connectivity index (χ4v) is 7.14. The van der Waals surface area contributed by atoms with Crippen molar-refractivity contribution < 1.29 is 8.42 Å². The SMILES string of the molecule is CCCCCCc1cc2c(cc1Br)S(=O)(=O)c1cc(Br)c(CCCCCC)cc1-2.